The van der Waals surface area contributed by atoms with Crippen LogP contribution in [0.25, 0.3) is 6.08 Å². The van der Waals surface area contributed by atoms with E-state index in [2.05, 4.69) is 35.3 Å². The Labute approximate surface area is 272 Å². The van der Waals surface area contributed by atoms with Crippen molar-refractivity contribution in [3.05, 3.63) is 65.8 Å². The number of carbonyl (C=O) groups is 2. The minimum atomic E-state index is -0.109. The first-order valence-electron chi connectivity index (χ1n) is 17.4. The van der Waals surface area contributed by atoms with Gasteiger partial charge in [0, 0.05) is 38.0 Å². The number of carbonyl (C=O) groups excluding carboxylic acids is 2. The van der Waals surface area contributed by atoms with Gasteiger partial charge in [-0.2, -0.15) is 0 Å². The first-order chi connectivity index (χ1) is 22.7. The molecule has 3 fully saturated rings. The van der Waals surface area contributed by atoms with E-state index in [4.69, 9.17) is 18.9 Å². The molecular formula is C38H46N2O6. The minimum Gasteiger partial charge on any atom is -0.454 e. The highest BCUT2D eigenvalue weighted by molar-refractivity contribution is 5.88. The number of likely N-dealkylation sites (tertiary alicyclic amines) is 2. The Morgan fingerprint density at radius 2 is 1.39 bits per heavy atom. The van der Waals surface area contributed by atoms with E-state index in [0.29, 0.717) is 0 Å². The molecule has 4 aliphatic heterocycles. The Morgan fingerprint density at radius 3 is 2.13 bits per heavy atom. The molecule has 2 saturated heterocycles. The molecule has 8 nitrogen and oxygen atoms in total. The number of nitrogens with zero attached hydrogens (tertiary/aromatic N) is 2. The van der Waals surface area contributed by atoms with Crippen LogP contribution >= 0.6 is 0 Å². The molecule has 0 aromatic heterocycles. The molecule has 2 amide bonds. The van der Waals surface area contributed by atoms with Crippen LogP contribution in [0.15, 0.2) is 54.6 Å². The number of fused-ring (bicyclic) bond motifs is 2. The normalized spacial score (nSPS) is 25.3. The number of amides is 2. The van der Waals surface area contributed by atoms with E-state index < -0.39 is 0 Å². The second-order valence-corrected chi connectivity index (χ2v) is 13.3. The molecule has 2 aromatic rings. The summed E-state index contributed by atoms with van der Waals surface area (Å²) in [5, 5.41) is 0. The first kappa shape index (κ1) is 30.7. The van der Waals surface area contributed by atoms with Gasteiger partial charge in [-0.3, -0.25) is 9.59 Å². The first-order valence-corrected chi connectivity index (χ1v) is 17.4. The van der Waals surface area contributed by atoms with Crippen molar-refractivity contribution in [3.63, 3.8) is 0 Å². The maximum absolute atomic E-state index is 14.3. The monoisotopic (exact) mass is 626 g/mol. The fourth-order valence-electron chi connectivity index (χ4n) is 8.00. The number of rotatable bonds is 10. The third-order valence-electron chi connectivity index (χ3n) is 10.5. The summed E-state index contributed by atoms with van der Waals surface area (Å²) in [6, 6.07) is 12.2. The smallest absolute Gasteiger partial charge is 0.246 e. The Kier molecular flexibility index (Phi) is 9.49. The third-order valence-corrected chi connectivity index (χ3v) is 10.5. The molecular weight excluding hydrogens is 580 g/mol. The van der Waals surface area contributed by atoms with Crippen molar-refractivity contribution in [2.24, 2.45) is 17.8 Å². The van der Waals surface area contributed by atoms with E-state index in [-0.39, 0.29) is 49.1 Å². The fraction of sp³-hybridized carbons (Fsp3) is 0.526. The summed E-state index contributed by atoms with van der Waals surface area (Å²) < 4.78 is 22.3. The van der Waals surface area contributed by atoms with Gasteiger partial charge in [-0.15, -0.1) is 0 Å². The van der Waals surface area contributed by atoms with Crippen LogP contribution in [0, 0.1) is 17.8 Å². The molecule has 0 spiro atoms. The Balaban J connectivity index is 1.08. The van der Waals surface area contributed by atoms with Crippen molar-refractivity contribution in [2.75, 3.05) is 39.8 Å². The lowest BCUT2D eigenvalue weighted by molar-refractivity contribution is -0.146. The molecule has 8 heteroatoms. The molecule has 5 aliphatic rings. The van der Waals surface area contributed by atoms with E-state index in [9.17, 15) is 9.59 Å². The van der Waals surface area contributed by atoms with Crippen LogP contribution in [0.1, 0.15) is 81.3 Å². The summed E-state index contributed by atoms with van der Waals surface area (Å²) in [4.78, 5) is 31.6. The molecule has 1 aliphatic carbocycles. The minimum absolute atomic E-state index is 0.00485. The summed E-state index contributed by atoms with van der Waals surface area (Å²) in [7, 11) is 0. The second kappa shape index (κ2) is 14.2. The molecule has 4 atom stereocenters. The number of hydrogen-bond donors (Lipinski definition) is 0. The molecule has 0 N–H and O–H groups in total. The van der Waals surface area contributed by atoms with Gasteiger partial charge >= 0.3 is 0 Å². The fourth-order valence-corrected chi connectivity index (χ4v) is 8.00. The molecule has 46 heavy (non-hydrogen) atoms. The van der Waals surface area contributed by atoms with Gasteiger partial charge in [0.15, 0.2) is 23.0 Å². The van der Waals surface area contributed by atoms with Crippen molar-refractivity contribution < 1.29 is 28.5 Å². The number of allylic oxidation sites excluding steroid dienone is 2. The maximum Gasteiger partial charge on any atom is 0.246 e. The Bertz CT molecular complexity index is 1460. The van der Waals surface area contributed by atoms with Crippen molar-refractivity contribution in [2.45, 2.75) is 70.1 Å². The third kappa shape index (κ3) is 6.62. The quantitative estimate of drug-likeness (QED) is 0.210. The number of ether oxygens (including phenoxy) is 4. The zero-order valence-corrected chi connectivity index (χ0v) is 26.7. The molecule has 4 unspecified atom stereocenters. The van der Waals surface area contributed by atoms with Crippen LogP contribution in [0.5, 0.6) is 23.0 Å². The van der Waals surface area contributed by atoms with Gasteiger partial charge in [0.05, 0.1) is 0 Å². The SMILES string of the molecule is O=C(C=CC1C(CCCCC=Cc2ccc3c(c2)OCO3)C(C(=O)N2CCCCC2)C1c1ccc2c(c1)OCO2)N1CCCCC1. The highest BCUT2D eigenvalue weighted by Crippen LogP contribution is 2.57. The lowest BCUT2D eigenvalue weighted by Gasteiger charge is -2.52. The molecule has 2 aromatic carbocycles. The average molecular weight is 627 g/mol. The topological polar surface area (TPSA) is 77.5 Å². The van der Waals surface area contributed by atoms with E-state index in [1.54, 1.807) is 6.08 Å². The van der Waals surface area contributed by atoms with E-state index in [1.807, 2.05) is 29.2 Å². The lowest BCUT2D eigenvalue weighted by Crippen LogP contribution is -2.54. The van der Waals surface area contributed by atoms with E-state index >= 15 is 0 Å². The molecule has 4 heterocycles. The maximum atomic E-state index is 14.3. The molecule has 0 radical (unpaired) electrons. The molecule has 244 valence electrons. The predicted molar refractivity (Wildman–Crippen MR) is 176 cm³/mol. The molecule has 0 bridgehead atoms. The van der Waals surface area contributed by atoms with Crippen LogP contribution in [-0.4, -0.2) is 61.4 Å². The number of unbranched alkanes of at least 4 members (excludes halogenated alkanes) is 2. The number of piperidine rings is 2. The largest absolute Gasteiger partial charge is 0.454 e. The lowest BCUT2D eigenvalue weighted by atomic mass is 9.52. The van der Waals surface area contributed by atoms with Crippen molar-refractivity contribution >= 4 is 17.9 Å². The predicted octanol–water partition coefficient (Wildman–Crippen LogP) is 6.94. The summed E-state index contributed by atoms with van der Waals surface area (Å²) in [5.74, 6) is 3.66. The van der Waals surface area contributed by atoms with Gasteiger partial charge in [0.2, 0.25) is 25.4 Å². The van der Waals surface area contributed by atoms with Crippen LogP contribution in [0.3, 0.4) is 0 Å². The van der Waals surface area contributed by atoms with E-state index in [1.165, 1.54) is 12.8 Å². The average Bonchev–Trinajstić information content (AvgIpc) is 3.77. The van der Waals surface area contributed by atoms with Gasteiger partial charge in [-0.05, 0) is 111 Å². The van der Waals surface area contributed by atoms with Gasteiger partial charge in [-0.25, -0.2) is 0 Å². The van der Waals surface area contributed by atoms with Crippen LogP contribution < -0.4 is 18.9 Å². The number of benzene rings is 2. The van der Waals surface area contributed by atoms with Crippen LogP contribution in [-0.2, 0) is 9.59 Å². The standard InChI is InChI=1S/C38H46N2O6/c41-35(39-19-7-3-8-20-39)18-15-30-29(12-6-2-1-5-11-27-13-16-31-33(23-27)45-25-43-31)37(38(42)40-21-9-4-10-22-40)36(30)28-14-17-32-34(24-28)46-26-44-32/h5,11,13-18,23-24,29-30,36-37H,1-4,6-10,12,19-22,25-26H2. The Morgan fingerprint density at radius 1 is 0.739 bits per heavy atom. The molecule has 1 saturated carbocycles. The van der Waals surface area contributed by atoms with Gasteiger partial charge in [0.1, 0.15) is 0 Å². The highest BCUT2D eigenvalue weighted by Gasteiger charge is 2.54. The van der Waals surface area contributed by atoms with Crippen molar-refractivity contribution in [1.29, 1.82) is 0 Å². The summed E-state index contributed by atoms with van der Waals surface area (Å²) in [6.07, 6.45) is 18.9. The zero-order valence-electron chi connectivity index (χ0n) is 26.7. The second-order valence-electron chi connectivity index (χ2n) is 13.3. The summed E-state index contributed by atoms with van der Waals surface area (Å²) in [5.41, 5.74) is 2.20. The Hall–Kier alpha value is -3.94. The highest BCUT2D eigenvalue weighted by atomic mass is 16.7. The van der Waals surface area contributed by atoms with Gasteiger partial charge < -0.3 is 28.7 Å². The molecule has 7 rings (SSSR count). The summed E-state index contributed by atoms with van der Waals surface area (Å²) in [6.45, 7) is 3.85. The zero-order chi connectivity index (χ0) is 31.3. The van der Waals surface area contributed by atoms with Crippen molar-refractivity contribution in [3.8, 4) is 23.0 Å². The van der Waals surface area contributed by atoms with Gasteiger partial charge in [-0.1, -0.05) is 36.8 Å². The number of hydrogen-bond acceptors (Lipinski definition) is 6. The van der Waals surface area contributed by atoms with E-state index in [0.717, 1.165) is 112 Å². The van der Waals surface area contributed by atoms with Crippen LogP contribution in [0.4, 0.5) is 0 Å². The van der Waals surface area contributed by atoms with Crippen molar-refractivity contribution in [1.82, 2.24) is 9.80 Å². The van der Waals surface area contributed by atoms with Gasteiger partial charge in [0.25, 0.3) is 0 Å². The summed E-state index contributed by atoms with van der Waals surface area (Å²) >= 11 is 0. The van der Waals surface area contributed by atoms with Crippen LogP contribution in [0.2, 0.25) is 0 Å².